The van der Waals surface area contributed by atoms with Crippen LogP contribution in [0.1, 0.15) is 36.2 Å². The zero-order chi connectivity index (χ0) is 11.4. The Balaban J connectivity index is 2.02. The molecule has 0 atom stereocenters. The van der Waals surface area contributed by atoms with E-state index in [1.807, 2.05) is 10.3 Å². The summed E-state index contributed by atoms with van der Waals surface area (Å²) in [5, 5.41) is 1.81. The fraction of sp³-hybridized carbons (Fsp3) is 0.636. The first kappa shape index (κ1) is 11.9. The lowest BCUT2D eigenvalue weighted by molar-refractivity contribution is 0.0575. The van der Waals surface area contributed by atoms with Gasteiger partial charge >= 0.3 is 0 Å². The molecule has 1 fully saturated rings. The number of carbonyl (C=O) groups is 1. The van der Waals surface area contributed by atoms with E-state index in [1.165, 1.54) is 17.8 Å². The molecule has 1 heterocycles. The Labute approximate surface area is 104 Å². The molecule has 3 nitrogen and oxygen atoms in total. The van der Waals surface area contributed by atoms with Crippen LogP contribution in [0, 0.1) is 0 Å². The summed E-state index contributed by atoms with van der Waals surface area (Å²) in [7, 11) is 0. The molecular formula is C11H15ClN2OS. The molecule has 1 aromatic rings. The van der Waals surface area contributed by atoms with Crippen molar-refractivity contribution in [1.29, 1.82) is 0 Å². The number of rotatable bonds is 5. The Bertz CT molecular complexity index is 338. The van der Waals surface area contributed by atoms with Crippen LogP contribution in [0.25, 0.3) is 0 Å². The highest BCUT2D eigenvalue weighted by Gasteiger charge is 2.29. The van der Waals surface area contributed by atoms with Gasteiger partial charge in [-0.05, 0) is 25.7 Å². The third-order valence-corrected chi connectivity index (χ3v) is 3.81. The van der Waals surface area contributed by atoms with E-state index in [2.05, 4.69) is 4.98 Å². The van der Waals surface area contributed by atoms with E-state index in [0.717, 1.165) is 25.8 Å². The topological polar surface area (TPSA) is 33.2 Å². The fourth-order valence-electron chi connectivity index (χ4n) is 1.84. The zero-order valence-electron chi connectivity index (χ0n) is 9.06. The first-order valence-electron chi connectivity index (χ1n) is 5.58. The van der Waals surface area contributed by atoms with E-state index < -0.39 is 0 Å². The van der Waals surface area contributed by atoms with Gasteiger partial charge in [-0.1, -0.05) is 0 Å². The molecule has 0 unspecified atom stereocenters. The van der Waals surface area contributed by atoms with Crippen LogP contribution in [0.2, 0.25) is 0 Å². The van der Waals surface area contributed by atoms with Crippen molar-refractivity contribution in [3.05, 3.63) is 16.6 Å². The van der Waals surface area contributed by atoms with E-state index in [-0.39, 0.29) is 5.91 Å². The number of halogens is 1. The average Bonchev–Trinajstić information content (AvgIpc) is 2.73. The molecule has 0 aliphatic heterocycles. The predicted molar refractivity (Wildman–Crippen MR) is 66.1 cm³/mol. The predicted octanol–water partition coefficient (Wildman–Crippen LogP) is 2.77. The second-order valence-electron chi connectivity index (χ2n) is 4.00. The van der Waals surface area contributed by atoms with Crippen LogP contribution < -0.4 is 0 Å². The maximum Gasteiger partial charge on any atom is 0.273 e. The maximum atomic E-state index is 12.2. The highest BCUT2D eigenvalue weighted by molar-refractivity contribution is 7.07. The van der Waals surface area contributed by atoms with Crippen molar-refractivity contribution < 1.29 is 4.79 Å². The number of aromatic nitrogens is 1. The second kappa shape index (κ2) is 5.64. The molecule has 88 valence electrons. The van der Waals surface area contributed by atoms with Crippen molar-refractivity contribution in [3.8, 4) is 0 Å². The summed E-state index contributed by atoms with van der Waals surface area (Å²) in [6, 6.07) is 0.414. The van der Waals surface area contributed by atoms with Gasteiger partial charge in [0.15, 0.2) is 0 Å². The van der Waals surface area contributed by atoms with Gasteiger partial charge < -0.3 is 4.90 Å². The van der Waals surface area contributed by atoms with Gasteiger partial charge in [-0.15, -0.1) is 22.9 Å². The number of amides is 1. The molecule has 2 rings (SSSR count). The van der Waals surface area contributed by atoms with Gasteiger partial charge in [-0.2, -0.15) is 0 Å². The number of alkyl halides is 1. The van der Waals surface area contributed by atoms with E-state index in [9.17, 15) is 4.79 Å². The van der Waals surface area contributed by atoms with Crippen molar-refractivity contribution in [2.45, 2.75) is 31.7 Å². The highest BCUT2D eigenvalue weighted by Crippen LogP contribution is 2.26. The van der Waals surface area contributed by atoms with Crippen LogP contribution in [-0.2, 0) is 0 Å². The van der Waals surface area contributed by atoms with Gasteiger partial charge in [0.25, 0.3) is 5.91 Å². The minimum Gasteiger partial charge on any atom is -0.334 e. The summed E-state index contributed by atoms with van der Waals surface area (Å²) in [5.74, 6) is 0.671. The van der Waals surface area contributed by atoms with Crippen LogP contribution in [0.15, 0.2) is 10.9 Å². The van der Waals surface area contributed by atoms with Gasteiger partial charge in [0.05, 0.1) is 5.51 Å². The Morgan fingerprint density at radius 2 is 2.44 bits per heavy atom. The SMILES string of the molecule is O=C(c1cscn1)N(CCCCl)C1CCC1. The largest absolute Gasteiger partial charge is 0.334 e. The zero-order valence-corrected chi connectivity index (χ0v) is 10.6. The third kappa shape index (κ3) is 2.55. The lowest BCUT2D eigenvalue weighted by atomic mass is 9.91. The normalized spacial score (nSPS) is 15.8. The molecule has 1 saturated carbocycles. The van der Waals surface area contributed by atoms with E-state index >= 15 is 0 Å². The van der Waals surface area contributed by atoms with Crippen molar-refractivity contribution in [3.63, 3.8) is 0 Å². The number of nitrogens with zero attached hydrogens (tertiary/aromatic N) is 2. The molecule has 1 aromatic heterocycles. The molecule has 1 amide bonds. The number of hydrogen-bond donors (Lipinski definition) is 0. The Kier molecular flexibility index (Phi) is 4.18. The molecule has 0 aromatic carbocycles. The number of thiazole rings is 1. The van der Waals surface area contributed by atoms with Crippen LogP contribution >= 0.6 is 22.9 Å². The van der Waals surface area contributed by atoms with Crippen molar-refractivity contribution in [1.82, 2.24) is 9.88 Å². The van der Waals surface area contributed by atoms with Crippen molar-refractivity contribution >= 4 is 28.8 Å². The molecule has 0 spiro atoms. The Morgan fingerprint density at radius 3 is 2.94 bits per heavy atom. The molecule has 1 aliphatic carbocycles. The molecule has 5 heteroatoms. The third-order valence-electron chi connectivity index (χ3n) is 2.96. The summed E-state index contributed by atoms with van der Waals surface area (Å²) in [5.41, 5.74) is 2.28. The molecule has 1 aliphatic rings. The fourth-order valence-corrected chi connectivity index (χ4v) is 2.49. The molecule has 0 N–H and O–H groups in total. The minimum atomic E-state index is 0.0658. The summed E-state index contributed by atoms with van der Waals surface area (Å²) < 4.78 is 0. The Morgan fingerprint density at radius 1 is 1.62 bits per heavy atom. The lowest BCUT2D eigenvalue weighted by Crippen LogP contribution is -2.45. The lowest BCUT2D eigenvalue weighted by Gasteiger charge is -2.37. The van der Waals surface area contributed by atoms with Crippen LogP contribution in [0.4, 0.5) is 0 Å². The first-order valence-corrected chi connectivity index (χ1v) is 7.06. The summed E-state index contributed by atoms with van der Waals surface area (Å²) in [6.07, 6.45) is 4.33. The quantitative estimate of drug-likeness (QED) is 0.761. The summed E-state index contributed by atoms with van der Waals surface area (Å²) in [4.78, 5) is 18.2. The average molecular weight is 259 g/mol. The molecule has 0 bridgehead atoms. The van der Waals surface area contributed by atoms with Crippen LogP contribution in [0.5, 0.6) is 0 Å². The van der Waals surface area contributed by atoms with E-state index in [1.54, 1.807) is 5.51 Å². The molecule has 0 saturated heterocycles. The summed E-state index contributed by atoms with van der Waals surface area (Å²) >= 11 is 7.15. The van der Waals surface area contributed by atoms with Crippen LogP contribution in [0.3, 0.4) is 0 Å². The highest BCUT2D eigenvalue weighted by atomic mass is 35.5. The van der Waals surface area contributed by atoms with E-state index in [4.69, 9.17) is 11.6 Å². The first-order chi connectivity index (χ1) is 7.83. The number of carbonyl (C=O) groups excluding carboxylic acids is 1. The second-order valence-corrected chi connectivity index (χ2v) is 5.10. The standard InChI is InChI=1S/C11H15ClN2OS/c12-5-2-6-14(9-3-1-4-9)11(15)10-7-16-8-13-10/h7-9H,1-6H2. The minimum absolute atomic E-state index is 0.0658. The van der Waals surface area contributed by atoms with Crippen molar-refractivity contribution in [2.75, 3.05) is 12.4 Å². The summed E-state index contributed by atoms with van der Waals surface area (Å²) in [6.45, 7) is 0.754. The van der Waals surface area contributed by atoms with Gasteiger partial charge in [0.1, 0.15) is 5.69 Å². The molecule has 16 heavy (non-hydrogen) atoms. The number of hydrogen-bond acceptors (Lipinski definition) is 3. The maximum absolute atomic E-state index is 12.2. The van der Waals surface area contributed by atoms with Gasteiger partial charge in [-0.3, -0.25) is 4.79 Å². The van der Waals surface area contributed by atoms with Gasteiger partial charge in [-0.25, -0.2) is 4.98 Å². The molecular weight excluding hydrogens is 244 g/mol. The van der Waals surface area contributed by atoms with Gasteiger partial charge in [0.2, 0.25) is 0 Å². The monoisotopic (exact) mass is 258 g/mol. The van der Waals surface area contributed by atoms with E-state index in [0.29, 0.717) is 17.6 Å². The Hall–Kier alpha value is -0.610. The van der Waals surface area contributed by atoms with Crippen LogP contribution in [-0.4, -0.2) is 34.3 Å². The van der Waals surface area contributed by atoms with Crippen molar-refractivity contribution in [2.24, 2.45) is 0 Å². The smallest absolute Gasteiger partial charge is 0.273 e. The molecule has 0 radical (unpaired) electrons. The van der Waals surface area contributed by atoms with Gasteiger partial charge in [0, 0.05) is 23.8 Å².